The molecule has 0 bridgehead atoms. The maximum Gasteiger partial charge on any atom is 0.246 e. The smallest absolute Gasteiger partial charge is 0.246 e. The third kappa shape index (κ3) is 4.78. The maximum atomic E-state index is 11.7. The van der Waals surface area contributed by atoms with Gasteiger partial charge in [-0.2, -0.15) is 0 Å². The zero-order valence-corrected chi connectivity index (χ0v) is 12.1. The predicted octanol–water partition coefficient (Wildman–Crippen LogP) is 1.46. The van der Waals surface area contributed by atoms with Gasteiger partial charge >= 0.3 is 0 Å². The highest BCUT2D eigenvalue weighted by molar-refractivity contribution is 5.96. The standard InChI is InChI=1S/C15H17N5O2/c1-22-13-6-4-11(5-7-13)20-15(16)18-10-14(21)19-12-3-2-8-17-9-12/h2-9H,10H2,1H3,(H,19,21)(H3,16,18,20). The van der Waals surface area contributed by atoms with Gasteiger partial charge in [0.15, 0.2) is 5.96 Å². The van der Waals surface area contributed by atoms with Gasteiger partial charge < -0.3 is 21.1 Å². The lowest BCUT2D eigenvalue weighted by Gasteiger charge is -2.07. The highest BCUT2D eigenvalue weighted by Crippen LogP contribution is 2.14. The van der Waals surface area contributed by atoms with Crippen LogP contribution in [0.4, 0.5) is 11.4 Å². The van der Waals surface area contributed by atoms with Gasteiger partial charge in [-0.1, -0.05) is 0 Å². The summed E-state index contributed by atoms with van der Waals surface area (Å²) in [6.45, 7) is -0.0795. The molecule has 0 aliphatic heterocycles. The van der Waals surface area contributed by atoms with Crippen LogP contribution in [0.2, 0.25) is 0 Å². The first-order valence-corrected chi connectivity index (χ1v) is 6.58. The van der Waals surface area contributed by atoms with Crippen LogP contribution in [0.25, 0.3) is 0 Å². The highest BCUT2D eigenvalue weighted by atomic mass is 16.5. The molecule has 0 radical (unpaired) electrons. The van der Waals surface area contributed by atoms with Gasteiger partial charge in [-0.25, -0.2) is 4.99 Å². The van der Waals surface area contributed by atoms with Gasteiger partial charge in [0, 0.05) is 11.9 Å². The minimum atomic E-state index is -0.271. The Bertz CT molecular complexity index is 641. The van der Waals surface area contributed by atoms with Gasteiger partial charge in [-0.05, 0) is 36.4 Å². The Morgan fingerprint density at radius 3 is 2.64 bits per heavy atom. The van der Waals surface area contributed by atoms with Crippen molar-refractivity contribution in [3.8, 4) is 5.75 Å². The van der Waals surface area contributed by atoms with Crippen LogP contribution in [0.5, 0.6) is 5.75 Å². The maximum absolute atomic E-state index is 11.7. The Kier molecular flexibility index (Phi) is 5.31. The van der Waals surface area contributed by atoms with Crippen molar-refractivity contribution >= 4 is 23.2 Å². The molecular formula is C15H17N5O2. The average Bonchev–Trinajstić information content (AvgIpc) is 2.55. The molecule has 0 spiro atoms. The molecule has 1 heterocycles. The third-order valence-corrected chi connectivity index (χ3v) is 2.70. The number of nitrogens with one attached hydrogen (secondary N) is 2. The van der Waals surface area contributed by atoms with Crippen LogP contribution < -0.4 is 21.1 Å². The van der Waals surface area contributed by atoms with Crippen LogP contribution in [0, 0.1) is 0 Å². The molecule has 2 aromatic rings. The molecule has 22 heavy (non-hydrogen) atoms. The topological polar surface area (TPSA) is 102 Å². The molecule has 0 aliphatic rings. The second-order valence-corrected chi connectivity index (χ2v) is 4.34. The van der Waals surface area contributed by atoms with Crippen molar-refractivity contribution in [2.75, 3.05) is 24.3 Å². The second-order valence-electron chi connectivity index (χ2n) is 4.34. The normalized spacial score (nSPS) is 10.9. The zero-order chi connectivity index (χ0) is 15.8. The van der Waals surface area contributed by atoms with Gasteiger partial charge in [-0.15, -0.1) is 0 Å². The van der Waals surface area contributed by atoms with Crippen molar-refractivity contribution in [2.24, 2.45) is 10.7 Å². The number of methoxy groups -OCH3 is 1. The molecule has 0 atom stereocenters. The Labute approximate surface area is 128 Å². The van der Waals surface area contributed by atoms with E-state index in [-0.39, 0.29) is 18.4 Å². The first-order chi connectivity index (χ1) is 10.7. The van der Waals surface area contributed by atoms with E-state index in [1.165, 1.54) is 0 Å². The van der Waals surface area contributed by atoms with Crippen LogP contribution in [0.1, 0.15) is 0 Å². The Morgan fingerprint density at radius 1 is 1.23 bits per heavy atom. The Morgan fingerprint density at radius 2 is 2.00 bits per heavy atom. The van der Waals surface area contributed by atoms with E-state index >= 15 is 0 Å². The number of rotatable bonds is 5. The number of guanidine groups is 1. The van der Waals surface area contributed by atoms with Gasteiger partial charge in [0.05, 0.1) is 19.0 Å². The molecule has 0 unspecified atom stereocenters. The number of anilines is 2. The molecule has 0 saturated heterocycles. The van der Waals surface area contributed by atoms with E-state index in [1.54, 1.807) is 55.9 Å². The second kappa shape index (κ2) is 7.63. The first-order valence-electron chi connectivity index (χ1n) is 6.58. The summed E-state index contributed by atoms with van der Waals surface area (Å²) in [6, 6.07) is 10.7. The van der Waals surface area contributed by atoms with Gasteiger partial charge in [0.1, 0.15) is 12.3 Å². The number of amides is 1. The summed E-state index contributed by atoms with van der Waals surface area (Å²) >= 11 is 0. The molecule has 1 amide bonds. The fourth-order valence-corrected chi connectivity index (χ4v) is 1.66. The number of benzene rings is 1. The van der Waals surface area contributed by atoms with E-state index in [0.717, 1.165) is 11.4 Å². The van der Waals surface area contributed by atoms with Crippen molar-refractivity contribution in [3.05, 3.63) is 48.8 Å². The van der Waals surface area contributed by atoms with E-state index in [0.29, 0.717) is 5.69 Å². The number of hydrogen-bond acceptors (Lipinski definition) is 4. The Hall–Kier alpha value is -3.09. The van der Waals surface area contributed by atoms with E-state index in [4.69, 9.17) is 10.5 Å². The zero-order valence-electron chi connectivity index (χ0n) is 12.1. The summed E-state index contributed by atoms with van der Waals surface area (Å²) in [4.78, 5) is 19.6. The number of carbonyl (C=O) groups excluding carboxylic acids is 1. The number of nitrogens with zero attached hydrogens (tertiary/aromatic N) is 2. The summed E-state index contributed by atoms with van der Waals surface area (Å²) in [7, 11) is 1.60. The minimum absolute atomic E-state index is 0.0795. The summed E-state index contributed by atoms with van der Waals surface area (Å²) in [5.41, 5.74) is 7.11. The van der Waals surface area contributed by atoms with Crippen LogP contribution in [0.3, 0.4) is 0 Å². The molecular weight excluding hydrogens is 282 g/mol. The fourth-order valence-electron chi connectivity index (χ4n) is 1.66. The summed E-state index contributed by atoms with van der Waals surface area (Å²) in [5, 5.41) is 5.56. The molecule has 1 aromatic carbocycles. The van der Waals surface area contributed by atoms with Gasteiger partial charge in [-0.3, -0.25) is 9.78 Å². The lowest BCUT2D eigenvalue weighted by Crippen LogP contribution is -2.25. The molecule has 1 aromatic heterocycles. The van der Waals surface area contributed by atoms with Crippen LogP contribution >= 0.6 is 0 Å². The van der Waals surface area contributed by atoms with Gasteiger partial charge in [0.2, 0.25) is 5.91 Å². The fraction of sp³-hybridized carbons (Fsp3) is 0.133. The lowest BCUT2D eigenvalue weighted by molar-refractivity contribution is -0.114. The molecule has 7 nitrogen and oxygen atoms in total. The van der Waals surface area contributed by atoms with Crippen LogP contribution in [-0.4, -0.2) is 30.5 Å². The lowest BCUT2D eigenvalue weighted by atomic mass is 10.3. The largest absolute Gasteiger partial charge is 0.497 e. The van der Waals surface area contributed by atoms with Crippen molar-refractivity contribution in [3.63, 3.8) is 0 Å². The molecule has 2 rings (SSSR count). The van der Waals surface area contributed by atoms with Crippen molar-refractivity contribution in [1.29, 1.82) is 0 Å². The van der Waals surface area contributed by atoms with E-state index in [9.17, 15) is 4.79 Å². The number of ether oxygens (including phenoxy) is 1. The number of nitrogens with two attached hydrogens (primary N) is 1. The van der Waals surface area contributed by atoms with Crippen molar-refractivity contribution in [1.82, 2.24) is 4.98 Å². The number of aromatic nitrogens is 1. The summed E-state index contributed by atoms with van der Waals surface area (Å²) in [6.07, 6.45) is 3.19. The third-order valence-electron chi connectivity index (χ3n) is 2.70. The molecule has 0 saturated carbocycles. The summed E-state index contributed by atoms with van der Waals surface area (Å²) < 4.78 is 5.06. The summed E-state index contributed by atoms with van der Waals surface area (Å²) in [5.74, 6) is 0.635. The first kappa shape index (κ1) is 15.3. The van der Waals surface area contributed by atoms with Crippen molar-refractivity contribution < 1.29 is 9.53 Å². The predicted molar refractivity (Wildman–Crippen MR) is 86.0 cm³/mol. The monoisotopic (exact) mass is 299 g/mol. The molecule has 7 heteroatoms. The molecule has 114 valence electrons. The van der Waals surface area contributed by atoms with Crippen LogP contribution in [0.15, 0.2) is 53.8 Å². The van der Waals surface area contributed by atoms with E-state index < -0.39 is 0 Å². The highest BCUT2D eigenvalue weighted by Gasteiger charge is 2.02. The average molecular weight is 299 g/mol. The van der Waals surface area contributed by atoms with E-state index in [1.807, 2.05) is 0 Å². The SMILES string of the molecule is COc1ccc(NC(N)=NCC(=O)Nc2cccnc2)cc1. The van der Waals surface area contributed by atoms with Crippen LogP contribution in [-0.2, 0) is 4.79 Å². The molecule has 0 aliphatic carbocycles. The molecule has 0 fully saturated rings. The minimum Gasteiger partial charge on any atom is -0.497 e. The Balaban J connectivity index is 1.85. The molecule has 4 N–H and O–H groups in total. The number of hydrogen-bond donors (Lipinski definition) is 3. The number of aliphatic imine (C=N–C) groups is 1. The number of pyridine rings is 1. The van der Waals surface area contributed by atoms with E-state index in [2.05, 4.69) is 20.6 Å². The van der Waals surface area contributed by atoms with Gasteiger partial charge in [0.25, 0.3) is 0 Å². The quantitative estimate of drug-likeness (QED) is 0.573. The number of carbonyl (C=O) groups is 1. The van der Waals surface area contributed by atoms with Crippen molar-refractivity contribution in [2.45, 2.75) is 0 Å².